The van der Waals surface area contributed by atoms with Crippen LogP contribution < -0.4 is 5.73 Å². The predicted molar refractivity (Wildman–Crippen MR) is 81.3 cm³/mol. The van der Waals surface area contributed by atoms with Crippen molar-refractivity contribution < 1.29 is 0 Å². The molecule has 1 fully saturated rings. The van der Waals surface area contributed by atoms with Crippen LogP contribution in [0.25, 0.3) is 10.9 Å². The summed E-state index contributed by atoms with van der Waals surface area (Å²) in [6.45, 7) is 5.39. The number of nitrogens with zero attached hydrogens (tertiary/aromatic N) is 1. The van der Waals surface area contributed by atoms with Crippen molar-refractivity contribution in [2.24, 2.45) is 17.6 Å². The number of hydrogen-bond acceptors (Lipinski definition) is 1. The summed E-state index contributed by atoms with van der Waals surface area (Å²) in [7, 11) is 0. The van der Waals surface area contributed by atoms with Crippen molar-refractivity contribution in [2.45, 2.75) is 39.2 Å². The van der Waals surface area contributed by atoms with Crippen LogP contribution in [-0.4, -0.2) is 11.1 Å². The molecule has 2 N–H and O–H groups in total. The van der Waals surface area contributed by atoms with Gasteiger partial charge in [-0.1, -0.05) is 31.5 Å². The van der Waals surface area contributed by atoms with Gasteiger partial charge >= 0.3 is 0 Å². The number of benzene rings is 1. The van der Waals surface area contributed by atoms with Crippen molar-refractivity contribution >= 4 is 10.9 Å². The minimum Gasteiger partial charge on any atom is -0.344 e. The van der Waals surface area contributed by atoms with Gasteiger partial charge in [-0.3, -0.25) is 0 Å². The average molecular weight is 256 g/mol. The Labute approximate surface area is 115 Å². The Kier molecular flexibility index (Phi) is 3.36. The molecule has 1 aliphatic carbocycles. The van der Waals surface area contributed by atoms with Gasteiger partial charge in [-0.05, 0) is 49.8 Å². The van der Waals surface area contributed by atoms with E-state index in [-0.39, 0.29) is 0 Å². The van der Waals surface area contributed by atoms with Crippen LogP contribution in [0.15, 0.2) is 30.5 Å². The minimum absolute atomic E-state index is 0.576. The molecule has 19 heavy (non-hydrogen) atoms. The van der Waals surface area contributed by atoms with E-state index in [9.17, 15) is 0 Å². The van der Waals surface area contributed by atoms with E-state index in [1.165, 1.54) is 35.7 Å². The molecule has 2 nitrogen and oxygen atoms in total. The van der Waals surface area contributed by atoms with E-state index >= 15 is 0 Å². The molecule has 0 amide bonds. The second kappa shape index (κ2) is 5.01. The van der Waals surface area contributed by atoms with E-state index in [1.807, 2.05) is 0 Å². The van der Waals surface area contributed by atoms with Crippen LogP contribution in [0, 0.1) is 18.8 Å². The van der Waals surface area contributed by atoms with Gasteiger partial charge in [0.05, 0.1) is 0 Å². The molecule has 1 heterocycles. The van der Waals surface area contributed by atoms with Gasteiger partial charge in [-0.25, -0.2) is 0 Å². The van der Waals surface area contributed by atoms with E-state index in [2.05, 4.69) is 48.9 Å². The normalized spacial score (nSPS) is 27.8. The van der Waals surface area contributed by atoms with Crippen LogP contribution in [0.2, 0.25) is 0 Å². The molecule has 102 valence electrons. The molecule has 1 aromatic carbocycles. The lowest BCUT2D eigenvalue weighted by atomic mass is 9.79. The first-order valence-corrected chi connectivity index (χ1v) is 7.47. The van der Waals surface area contributed by atoms with Crippen LogP contribution >= 0.6 is 0 Å². The van der Waals surface area contributed by atoms with Crippen LogP contribution in [0.5, 0.6) is 0 Å². The number of para-hydroxylation sites is 1. The Morgan fingerprint density at radius 3 is 2.84 bits per heavy atom. The standard InChI is InChI=1S/C17H24N2/c1-12-7-8-14(10-18)17(9-12)19-11-13(2)15-5-3-4-6-16(15)19/h3-6,11-12,14,17H,7-10,18H2,1-2H3. The zero-order chi connectivity index (χ0) is 13.4. The predicted octanol–water partition coefficient (Wildman–Crippen LogP) is 3.89. The summed E-state index contributed by atoms with van der Waals surface area (Å²) >= 11 is 0. The van der Waals surface area contributed by atoms with Gasteiger partial charge in [0, 0.05) is 23.1 Å². The second-order valence-electron chi connectivity index (χ2n) is 6.22. The fourth-order valence-corrected chi connectivity index (χ4v) is 3.68. The Hall–Kier alpha value is -1.28. The molecule has 1 aliphatic rings. The number of hydrogen-bond donors (Lipinski definition) is 1. The van der Waals surface area contributed by atoms with E-state index < -0.39 is 0 Å². The highest BCUT2D eigenvalue weighted by Gasteiger charge is 2.29. The first-order valence-electron chi connectivity index (χ1n) is 7.47. The monoisotopic (exact) mass is 256 g/mol. The first kappa shape index (κ1) is 12.7. The van der Waals surface area contributed by atoms with E-state index in [0.29, 0.717) is 12.0 Å². The van der Waals surface area contributed by atoms with E-state index in [1.54, 1.807) is 0 Å². The van der Waals surface area contributed by atoms with Crippen LogP contribution in [0.1, 0.15) is 37.8 Å². The van der Waals surface area contributed by atoms with Gasteiger partial charge < -0.3 is 10.3 Å². The number of rotatable bonds is 2. The van der Waals surface area contributed by atoms with Gasteiger partial charge in [0.2, 0.25) is 0 Å². The fourth-order valence-electron chi connectivity index (χ4n) is 3.68. The maximum atomic E-state index is 6.01. The topological polar surface area (TPSA) is 30.9 Å². The van der Waals surface area contributed by atoms with Crippen LogP contribution in [-0.2, 0) is 0 Å². The maximum absolute atomic E-state index is 6.01. The number of fused-ring (bicyclic) bond motifs is 1. The molecule has 2 aromatic rings. The fraction of sp³-hybridized carbons (Fsp3) is 0.529. The Morgan fingerprint density at radius 1 is 1.26 bits per heavy atom. The largest absolute Gasteiger partial charge is 0.344 e. The van der Waals surface area contributed by atoms with Crippen molar-refractivity contribution in [3.05, 3.63) is 36.0 Å². The minimum atomic E-state index is 0.576. The number of aryl methyl sites for hydroxylation is 1. The smallest absolute Gasteiger partial charge is 0.0485 e. The SMILES string of the molecule is Cc1cn(C2CC(C)CCC2CN)c2ccccc12. The third kappa shape index (κ3) is 2.18. The molecule has 0 spiro atoms. The molecule has 2 heteroatoms. The van der Waals surface area contributed by atoms with E-state index in [4.69, 9.17) is 5.73 Å². The number of nitrogens with two attached hydrogens (primary N) is 1. The zero-order valence-corrected chi connectivity index (χ0v) is 12.0. The van der Waals surface area contributed by atoms with Gasteiger partial charge in [-0.15, -0.1) is 0 Å². The number of aromatic nitrogens is 1. The van der Waals surface area contributed by atoms with Crippen molar-refractivity contribution in [2.75, 3.05) is 6.54 Å². The van der Waals surface area contributed by atoms with Gasteiger partial charge in [0.25, 0.3) is 0 Å². The van der Waals surface area contributed by atoms with Crippen molar-refractivity contribution in [3.63, 3.8) is 0 Å². The lowest BCUT2D eigenvalue weighted by molar-refractivity contribution is 0.202. The summed E-state index contributed by atoms with van der Waals surface area (Å²) in [5, 5.41) is 1.39. The highest BCUT2D eigenvalue weighted by Crippen LogP contribution is 2.39. The van der Waals surface area contributed by atoms with E-state index in [0.717, 1.165) is 12.5 Å². The van der Waals surface area contributed by atoms with Crippen molar-refractivity contribution in [1.82, 2.24) is 4.57 Å². The molecule has 3 unspecified atom stereocenters. The molecule has 0 bridgehead atoms. The summed E-state index contributed by atoms with van der Waals surface area (Å²) in [4.78, 5) is 0. The summed E-state index contributed by atoms with van der Waals surface area (Å²) in [6, 6.07) is 9.32. The summed E-state index contributed by atoms with van der Waals surface area (Å²) in [5.41, 5.74) is 8.77. The molecule has 0 saturated heterocycles. The Balaban J connectivity index is 2.06. The molecule has 3 rings (SSSR count). The molecule has 0 radical (unpaired) electrons. The summed E-state index contributed by atoms with van der Waals surface area (Å²) in [5.74, 6) is 1.45. The summed E-state index contributed by atoms with van der Waals surface area (Å²) in [6.07, 6.45) is 6.19. The van der Waals surface area contributed by atoms with Crippen LogP contribution in [0.4, 0.5) is 0 Å². The van der Waals surface area contributed by atoms with Gasteiger partial charge in [0.1, 0.15) is 0 Å². The first-order chi connectivity index (χ1) is 9.20. The Bertz CT molecular complexity index is 570. The third-order valence-corrected chi connectivity index (χ3v) is 4.82. The average Bonchev–Trinajstić information content (AvgIpc) is 2.77. The van der Waals surface area contributed by atoms with Crippen molar-refractivity contribution in [1.29, 1.82) is 0 Å². The summed E-state index contributed by atoms with van der Waals surface area (Å²) < 4.78 is 2.50. The molecular formula is C17H24N2. The molecule has 1 saturated carbocycles. The quantitative estimate of drug-likeness (QED) is 0.868. The highest BCUT2D eigenvalue weighted by molar-refractivity contribution is 5.83. The molecular weight excluding hydrogens is 232 g/mol. The molecule has 1 aromatic heterocycles. The second-order valence-corrected chi connectivity index (χ2v) is 6.22. The maximum Gasteiger partial charge on any atom is 0.0485 e. The lowest BCUT2D eigenvalue weighted by Gasteiger charge is -2.35. The third-order valence-electron chi connectivity index (χ3n) is 4.82. The molecule has 0 aliphatic heterocycles. The Morgan fingerprint density at radius 2 is 2.05 bits per heavy atom. The van der Waals surface area contributed by atoms with Crippen molar-refractivity contribution in [3.8, 4) is 0 Å². The van der Waals surface area contributed by atoms with Crippen LogP contribution in [0.3, 0.4) is 0 Å². The highest BCUT2D eigenvalue weighted by atomic mass is 15.0. The molecule has 3 atom stereocenters. The lowest BCUT2D eigenvalue weighted by Crippen LogP contribution is -2.31. The zero-order valence-electron chi connectivity index (χ0n) is 12.0. The van der Waals surface area contributed by atoms with Gasteiger partial charge in [-0.2, -0.15) is 0 Å². The van der Waals surface area contributed by atoms with Gasteiger partial charge in [0.15, 0.2) is 0 Å².